The fraction of sp³-hybridized carbons (Fsp3) is 0.500. The van der Waals surface area contributed by atoms with Crippen LogP contribution in [-0.4, -0.2) is 48.6 Å². The first-order chi connectivity index (χ1) is 9.79. The van der Waals surface area contributed by atoms with Crippen molar-refractivity contribution in [3.8, 4) is 0 Å². The summed E-state index contributed by atoms with van der Waals surface area (Å²) in [7, 11) is 1.93. The molecule has 5 nitrogen and oxygen atoms in total. The monoisotopic (exact) mass is 290 g/mol. The molecule has 2 rings (SSSR count). The number of nitrogens with zero attached hydrogens (tertiary/aromatic N) is 2. The lowest BCUT2D eigenvalue weighted by molar-refractivity contribution is -0.146. The number of piperazine rings is 1. The van der Waals surface area contributed by atoms with Crippen LogP contribution >= 0.6 is 0 Å². The van der Waals surface area contributed by atoms with E-state index in [1.54, 1.807) is 18.7 Å². The molecule has 1 aliphatic heterocycles. The Morgan fingerprint density at radius 2 is 2.05 bits per heavy atom. The number of carboxylic acids is 1. The van der Waals surface area contributed by atoms with Crippen LogP contribution in [-0.2, 0) is 16.0 Å². The van der Waals surface area contributed by atoms with Gasteiger partial charge in [-0.05, 0) is 45.0 Å². The van der Waals surface area contributed by atoms with Crippen LogP contribution in [0.2, 0.25) is 0 Å². The summed E-state index contributed by atoms with van der Waals surface area (Å²) >= 11 is 0. The topological polar surface area (TPSA) is 60.9 Å². The Kier molecular flexibility index (Phi) is 4.32. The van der Waals surface area contributed by atoms with E-state index in [-0.39, 0.29) is 5.91 Å². The highest BCUT2D eigenvalue weighted by Gasteiger charge is 2.28. The van der Waals surface area contributed by atoms with Gasteiger partial charge in [-0.3, -0.25) is 14.5 Å². The zero-order valence-corrected chi connectivity index (χ0v) is 12.8. The number of carbonyl (C=O) groups excluding carboxylic acids is 1. The van der Waals surface area contributed by atoms with Gasteiger partial charge in [0.2, 0.25) is 5.91 Å². The SMILES string of the molecule is CN1CCN(c2cccc(CC(C)(C)C(=O)O)c2)C(=O)C1. The molecule has 0 unspecified atom stereocenters. The third-order valence-corrected chi connectivity index (χ3v) is 3.86. The average Bonchev–Trinajstić information content (AvgIpc) is 2.38. The molecule has 0 spiro atoms. The van der Waals surface area contributed by atoms with E-state index in [4.69, 9.17) is 0 Å². The van der Waals surface area contributed by atoms with Gasteiger partial charge in [-0.2, -0.15) is 0 Å². The Morgan fingerprint density at radius 1 is 1.33 bits per heavy atom. The molecular formula is C16H22N2O3. The molecule has 0 saturated carbocycles. The Morgan fingerprint density at radius 3 is 2.67 bits per heavy atom. The second kappa shape index (κ2) is 5.85. The smallest absolute Gasteiger partial charge is 0.309 e. The van der Waals surface area contributed by atoms with E-state index in [9.17, 15) is 14.7 Å². The molecule has 1 aromatic carbocycles. The number of amides is 1. The fourth-order valence-electron chi connectivity index (χ4n) is 2.48. The van der Waals surface area contributed by atoms with Crippen LogP contribution in [0.1, 0.15) is 19.4 Å². The molecule has 1 saturated heterocycles. The van der Waals surface area contributed by atoms with E-state index in [1.807, 2.05) is 36.2 Å². The number of anilines is 1. The number of aliphatic carboxylic acids is 1. The van der Waals surface area contributed by atoms with E-state index >= 15 is 0 Å². The first-order valence-corrected chi connectivity index (χ1v) is 7.11. The third-order valence-electron chi connectivity index (χ3n) is 3.86. The van der Waals surface area contributed by atoms with Gasteiger partial charge in [0.15, 0.2) is 0 Å². The van der Waals surface area contributed by atoms with Gasteiger partial charge in [0, 0.05) is 18.8 Å². The zero-order chi connectivity index (χ0) is 15.6. The summed E-state index contributed by atoms with van der Waals surface area (Å²) in [5.74, 6) is -0.734. The molecule has 1 aromatic rings. The first kappa shape index (κ1) is 15.5. The van der Waals surface area contributed by atoms with E-state index in [0.717, 1.165) is 17.8 Å². The summed E-state index contributed by atoms with van der Waals surface area (Å²) in [6.07, 6.45) is 0.443. The number of hydrogen-bond acceptors (Lipinski definition) is 3. The van der Waals surface area contributed by atoms with Crippen molar-refractivity contribution < 1.29 is 14.7 Å². The summed E-state index contributed by atoms with van der Waals surface area (Å²) in [5, 5.41) is 9.22. The maximum Gasteiger partial charge on any atom is 0.309 e. The lowest BCUT2D eigenvalue weighted by Gasteiger charge is -2.32. The summed E-state index contributed by atoms with van der Waals surface area (Å²) in [6.45, 7) is 5.36. The minimum atomic E-state index is -0.816. The molecule has 0 aliphatic carbocycles. The first-order valence-electron chi connectivity index (χ1n) is 7.11. The van der Waals surface area contributed by atoms with E-state index in [2.05, 4.69) is 0 Å². The second-order valence-corrected chi connectivity index (χ2v) is 6.32. The lowest BCUT2D eigenvalue weighted by Crippen LogP contribution is -2.48. The number of likely N-dealkylation sites (N-methyl/N-ethyl adjacent to an activating group) is 1. The van der Waals surface area contributed by atoms with Crippen LogP contribution in [0.4, 0.5) is 5.69 Å². The van der Waals surface area contributed by atoms with E-state index in [1.165, 1.54) is 0 Å². The van der Waals surface area contributed by atoms with Crippen LogP contribution in [0.5, 0.6) is 0 Å². The van der Waals surface area contributed by atoms with Crippen molar-refractivity contribution >= 4 is 17.6 Å². The maximum absolute atomic E-state index is 12.1. The Hall–Kier alpha value is -1.88. The Labute approximate surface area is 125 Å². The van der Waals surface area contributed by atoms with Gasteiger partial charge in [0.1, 0.15) is 0 Å². The minimum Gasteiger partial charge on any atom is -0.481 e. The molecule has 0 aromatic heterocycles. The van der Waals surface area contributed by atoms with Crippen molar-refractivity contribution in [3.63, 3.8) is 0 Å². The fourth-order valence-corrected chi connectivity index (χ4v) is 2.48. The molecular weight excluding hydrogens is 268 g/mol. The van der Waals surface area contributed by atoms with Crippen LogP contribution in [0.15, 0.2) is 24.3 Å². The van der Waals surface area contributed by atoms with Crippen molar-refractivity contribution in [2.24, 2.45) is 5.41 Å². The number of benzene rings is 1. The molecule has 1 N–H and O–H groups in total. The molecule has 0 atom stereocenters. The van der Waals surface area contributed by atoms with Crippen LogP contribution in [0, 0.1) is 5.41 Å². The third kappa shape index (κ3) is 3.61. The lowest BCUT2D eigenvalue weighted by atomic mass is 9.86. The number of carboxylic acid groups (broad SMARTS) is 1. The van der Waals surface area contributed by atoms with Gasteiger partial charge in [-0.1, -0.05) is 12.1 Å². The zero-order valence-electron chi connectivity index (χ0n) is 12.8. The summed E-state index contributed by atoms with van der Waals surface area (Å²) in [5.41, 5.74) is 0.975. The van der Waals surface area contributed by atoms with Crippen molar-refractivity contribution in [2.75, 3.05) is 31.6 Å². The van der Waals surface area contributed by atoms with E-state index < -0.39 is 11.4 Å². The highest BCUT2D eigenvalue weighted by Crippen LogP contribution is 2.25. The van der Waals surface area contributed by atoms with Gasteiger partial charge in [0.25, 0.3) is 0 Å². The molecule has 1 fully saturated rings. The molecule has 1 heterocycles. The number of hydrogen-bond donors (Lipinski definition) is 1. The normalized spacial score (nSPS) is 17.1. The summed E-state index contributed by atoms with van der Waals surface area (Å²) in [4.78, 5) is 27.1. The van der Waals surface area contributed by atoms with Crippen molar-refractivity contribution in [2.45, 2.75) is 20.3 Å². The predicted molar refractivity (Wildman–Crippen MR) is 81.4 cm³/mol. The van der Waals surface area contributed by atoms with Crippen LogP contribution in [0.25, 0.3) is 0 Å². The molecule has 5 heteroatoms. The molecule has 0 bridgehead atoms. The summed E-state index contributed by atoms with van der Waals surface area (Å²) < 4.78 is 0. The number of carbonyl (C=O) groups is 2. The molecule has 1 aliphatic rings. The minimum absolute atomic E-state index is 0.0818. The van der Waals surface area contributed by atoms with Gasteiger partial charge < -0.3 is 10.0 Å². The van der Waals surface area contributed by atoms with Gasteiger partial charge in [-0.25, -0.2) is 0 Å². The van der Waals surface area contributed by atoms with Crippen LogP contribution in [0.3, 0.4) is 0 Å². The Balaban J connectivity index is 2.18. The predicted octanol–water partition coefficient (Wildman–Crippen LogP) is 1.62. The van der Waals surface area contributed by atoms with Crippen LogP contribution < -0.4 is 4.90 Å². The largest absolute Gasteiger partial charge is 0.481 e. The van der Waals surface area contributed by atoms with Gasteiger partial charge >= 0.3 is 5.97 Å². The maximum atomic E-state index is 12.1. The van der Waals surface area contributed by atoms with E-state index in [0.29, 0.717) is 19.5 Å². The highest BCUT2D eigenvalue weighted by atomic mass is 16.4. The van der Waals surface area contributed by atoms with Gasteiger partial charge in [-0.15, -0.1) is 0 Å². The second-order valence-electron chi connectivity index (χ2n) is 6.32. The summed E-state index contributed by atoms with van der Waals surface area (Å²) in [6, 6.07) is 7.62. The molecule has 0 radical (unpaired) electrons. The molecule has 1 amide bonds. The van der Waals surface area contributed by atoms with Crippen molar-refractivity contribution in [3.05, 3.63) is 29.8 Å². The van der Waals surface area contributed by atoms with Crippen molar-refractivity contribution in [1.82, 2.24) is 4.90 Å². The standard InChI is InChI=1S/C16H22N2O3/c1-16(2,15(20)21)10-12-5-4-6-13(9-12)18-8-7-17(3)11-14(18)19/h4-6,9H,7-8,10-11H2,1-3H3,(H,20,21). The highest BCUT2D eigenvalue weighted by molar-refractivity contribution is 5.95. The van der Waals surface area contributed by atoms with Gasteiger partial charge in [0.05, 0.1) is 12.0 Å². The number of rotatable bonds is 4. The molecule has 114 valence electrons. The quantitative estimate of drug-likeness (QED) is 0.915. The molecule has 21 heavy (non-hydrogen) atoms. The Bertz CT molecular complexity index is 554. The van der Waals surface area contributed by atoms with Crippen molar-refractivity contribution in [1.29, 1.82) is 0 Å². The average molecular weight is 290 g/mol.